The first-order valence-electron chi connectivity index (χ1n) is 7.70. The predicted molar refractivity (Wildman–Crippen MR) is 121 cm³/mol. The molecule has 0 fully saturated rings. The van der Waals surface area contributed by atoms with Crippen molar-refractivity contribution in [2.75, 3.05) is 12.5 Å². The Morgan fingerprint density at radius 1 is 1.15 bits per heavy atom. The van der Waals surface area contributed by atoms with Gasteiger partial charge in [0.25, 0.3) is 5.56 Å². The first-order valence-corrected chi connectivity index (χ1v) is 9.86. The van der Waals surface area contributed by atoms with Crippen molar-refractivity contribution in [3.05, 3.63) is 45.7 Å². The van der Waals surface area contributed by atoms with E-state index in [9.17, 15) is 9.59 Å². The van der Waals surface area contributed by atoms with Crippen molar-refractivity contribution in [3.8, 4) is 5.75 Å². The quantitative estimate of drug-likeness (QED) is 0.282. The Morgan fingerprint density at radius 3 is 2.52 bits per heavy atom. The molecule has 1 N–H and O–H groups in total. The van der Waals surface area contributed by atoms with Gasteiger partial charge in [-0.25, -0.2) is 10.2 Å². The molecule has 0 saturated heterocycles. The summed E-state index contributed by atoms with van der Waals surface area (Å²) in [5.74, 6) is 1.07. The van der Waals surface area contributed by atoms with Crippen LogP contribution >= 0.6 is 45.2 Å². The van der Waals surface area contributed by atoms with Gasteiger partial charge in [-0.2, -0.15) is 10.1 Å². The molecule has 0 bridgehead atoms. The lowest BCUT2D eigenvalue weighted by molar-refractivity contribution is 0.411. The lowest BCUT2D eigenvalue weighted by Crippen LogP contribution is -2.37. The molecule has 3 rings (SSSR count). The predicted octanol–water partition coefficient (Wildman–Crippen LogP) is 1.63. The van der Waals surface area contributed by atoms with E-state index in [4.69, 9.17) is 4.74 Å². The number of benzene rings is 1. The highest BCUT2D eigenvalue weighted by molar-refractivity contribution is 14.1. The van der Waals surface area contributed by atoms with Gasteiger partial charge in [-0.3, -0.25) is 13.9 Å². The fraction of sp³-hybridized carbons (Fsp3) is 0.250. The molecule has 142 valence electrons. The summed E-state index contributed by atoms with van der Waals surface area (Å²) in [5, 5.41) is 4.22. The molecular weight excluding hydrogens is 578 g/mol. The number of hydrogen-bond donors (Lipinski definition) is 1. The highest BCUT2D eigenvalue weighted by Gasteiger charge is 2.16. The van der Waals surface area contributed by atoms with Gasteiger partial charge in [-0.05, 0) is 57.3 Å². The number of ether oxygens (including phenoxy) is 1. The number of hydrazone groups is 1. The molecule has 0 saturated carbocycles. The average molecular weight is 594 g/mol. The van der Waals surface area contributed by atoms with Crippen LogP contribution in [0.2, 0.25) is 0 Å². The number of anilines is 1. The maximum atomic E-state index is 12.4. The topological polar surface area (TPSA) is 95.4 Å². The lowest BCUT2D eigenvalue weighted by Gasteiger charge is -2.08. The number of aryl methyl sites for hydroxylation is 2. The number of imidazole rings is 1. The van der Waals surface area contributed by atoms with E-state index >= 15 is 0 Å². The van der Waals surface area contributed by atoms with Gasteiger partial charge in [0.1, 0.15) is 5.75 Å². The van der Waals surface area contributed by atoms with Crippen LogP contribution in [0.3, 0.4) is 0 Å². The second kappa shape index (κ2) is 7.61. The van der Waals surface area contributed by atoms with Gasteiger partial charge in [0.15, 0.2) is 11.2 Å². The number of aromatic nitrogens is 4. The van der Waals surface area contributed by atoms with Crippen LogP contribution in [0.4, 0.5) is 5.95 Å². The van der Waals surface area contributed by atoms with Crippen LogP contribution in [0.15, 0.2) is 26.8 Å². The van der Waals surface area contributed by atoms with Crippen LogP contribution in [-0.4, -0.2) is 32.0 Å². The fourth-order valence-corrected chi connectivity index (χ4v) is 4.78. The molecule has 0 radical (unpaired) electrons. The summed E-state index contributed by atoms with van der Waals surface area (Å²) in [6, 6.07) is 3.95. The molecule has 2 aromatic heterocycles. The molecule has 1 aromatic carbocycles. The van der Waals surface area contributed by atoms with Gasteiger partial charge in [-0.1, -0.05) is 0 Å². The van der Waals surface area contributed by atoms with E-state index in [0.29, 0.717) is 17.1 Å². The molecule has 9 nitrogen and oxygen atoms in total. The molecule has 0 amide bonds. The summed E-state index contributed by atoms with van der Waals surface area (Å²) in [4.78, 5) is 28.8. The second-order valence-corrected chi connectivity index (χ2v) is 8.16. The molecule has 0 spiro atoms. The highest BCUT2D eigenvalue weighted by atomic mass is 127. The maximum Gasteiger partial charge on any atom is 0.332 e. The zero-order valence-electron chi connectivity index (χ0n) is 14.9. The molecule has 0 aliphatic carbocycles. The minimum atomic E-state index is -0.432. The minimum absolute atomic E-state index is 0.296. The zero-order chi connectivity index (χ0) is 19.9. The number of methoxy groups -OCH3 is 1. The normalized spacial score (nSPS) is 11.5. The van der Waals surface area contributed by atoms with Crippen LogP contribution in [0.25, 0.3) is 11.2 Å². The summed E-state index contributed by atoms with van der Waals surface area (Å²) >= 11 is 4.43. The molecule has 0 atom stereocenters. The molecule has 3 aromatic rings. The molecular formula is C16H16I2N6O3. The van der Waals surface area contributed by atoms with Crippen molar-refractivity contribution < 1.29 is 4.74 Å². The first kappa shape index (κ1) is 19.9. The van der Waals surface area contributed by atoms with Crippen molar-refractivity contribution in [1.29, 1.82) is 0 Å². The fourth-order valence-electron chi connectivity index (χ4n) is 2.67. The Bertz CT molecular complexity index is 1190. The zero-order valence-corrected chi connectivity index (χ0v) is 19.3. The van der Waals surface area contributed by atoms with Gasteiger partial charge in [0.05, 0.1) is 16.9 Å². The second-order valence-electron chi connectivity index (χ2n) is 5.75. The molecule has 0 unspecified atom stereocenters. The Hall–Kier alpha value is -1.90. The Balaban J connectivity index is 2.02. The summed E-state index contributed by atoms with van der Waals surface area (Å²) in [6.45, 7) is 0. The van der Waals surface area contributed by atoms with Crippen LogP contribution in [0, 0.1) is 7.14 Å². The molecule has 11 heteroatoms. The van der Waals surface area contributed by atoms with Crippen LogP contribution in [0.5, 0.6) is 5.75 Å². The van der Waals surface area contributed by atoms with Gasteiger partial charge < -0.3 is 9.30 Å². The summed E-state index contributed by atoms with van der Waals surface area (Å²) < 4.78 is 11.4. The van der Waals surface area contributed by atoms with E-state index in [1.807, 2.05) is 12.1 Å². The molecule has 0 aliphatic heterocycles. The minimum Gasteiger partial charge on any atom is -0.495 e. The number of hydrogen-bond acceptors (Lipinski definition) is 6. The maximum absolute atomic E-state index is 12.4. The number of nitrogens with one attached hydrogen (secondary N) is 1. The Morgan fingerprint density at radius 2 is 1.85 bits per heavy atom. The van der Waals surface area contributed by atoms with Crippen LogP contribution in [0.1, 0.15) is 5.56 Å². The first-order chi connectivity index (χ1) is 12.8. The van der Waals surface area contributed by atoms with Crippen molar-refractivity contribution in [2.45, 2.75) is 0 Å². The lowest BCUT2D eigenvalue weighted by atomic mass is 10.2. The van der Waals surface area contributed by atoms with Gasteiger partial charge >= 0.3 is 5.69 Å². The number of nitrogens with zero attached hydrogens (tertiary/aromatic N) is 5. The van der Waals surface area contributed by atoms with Gasteiger partial charge in [0.2, 0.25) is 5.95 Å². The van der Waals surface area contributed by atoms with Crippen LogP contribution < -0.4 is 21.4 Å². The van der Waals surface area contributed by atoms with Gasteiger partial charge in [-0.15, -0.1) is 0 Å². The van der Waals surface area contributed by atoms with E-state index in [1.165, 1.54) is 11.6 Å². The van der Waals surface area contributed by atoms with Crippen molar-refractivity contribution in [1.82, 2.24) is 18.7 Å². The van der Waals surface area contributed by atoms with Crippen molar-refractivity contribution in [2.24, 2.45) is 26.2 Å². The summed E-state index contributed by atoms with van der Waals surface area (Å²) in [6.07, 6.45) is 1.62. The van der Waals surface area contributed by atoms with Gasteiger partial charge in [0, 0.05) is 30.3 Å². The SMILES string of the molecule is COc1c(I)cc(I)cc1/C=N\Nc1nc2c(c(=O)n(C)c(=O)n2C)n1C. The molecule has 2 heterocycles. The highest BCUT2D eigenvalue weighted by Crippen LogP contribution is 2.27. The van der Waals surface area contributed by atoms with E-state index in [1.54, 1.807) is 32.0 Å². The van der Waals surface area contributed by atoms with E-state index in [2.05, 4.69) is 60.7 Å². The van der Waals surface area contributed by atoms with E-state index < -0.39 is 11.2 Å². The Kier molecular flexibility index (Phi) is 5.60. The van der Waals surface area contributed by atoms with Crippen molar-refractivity contribution >= 4 is 68.5 Å². The smallest absolute Gasteiger partial charge is 0.332 e. The molecule has 27 heavy (non-hydrogen) atoms. The van der Waals surface area contributed by atoms with Crippen LogP contribution in [-0.2, 0) is 21.1 Å². The standard InChI is InChI=1S/C16H16I2N6O3/c1-22-11-13(23(2)16(26)24(3)14(11)25)20-15(22)21-19-7-8-5-9(17)6-10(18)12(8)27-4/h5-7H,1-4H3,(H,20,21)/b19-7-. The molecule has 0 aliphatic rings. The van der Waals surface area contributed by atoms with Crippen molar-refractivity contribution in [3.63, 3.8) is 0 Å². The van der Waals surface area contributed by atoms with E-state index in [0.717, 1.165) is 23.0 Å². The average Bonchev–Trinajstić information content (AvgIpc) is 2.95. The third kappa shape index (κ3) is 3.49. The number of halogens is 2. The number of fused-ring (bicyclic) bond motifs is 1. The Labute approximate surface area is 181 Å². The van der Waals surface area contributed by atoms with E-state index in [-0.39, 0.29) is 0 Å². The summed E-state index contributed by atoms with van der Waals surface area (Å²) in [7, 11) is 6.31. The monoisotopic (exact) mass is 594 g/mol. The number of rotatable bonds is 4. The third-order valence-corrected chi connectivity index (χ3v) is 5.51. The summed E-state index contributed by atoms with van der Waals surface area (Å²) in [5.41, 5.74) is 3.41. The third-order valence-electron chi connectivity index (χ3n) is 4.08. The largest absolute Gasteiger partial charge is 0.495 e.